The molecule has 0 fully saturated rings. The van der Waals surface area contributed by atoms with Gasteiger partial charge in [0.05, 0.1) is 0 Å². The number of hydrogen-bond acceptors (Lipinski definition) is 2. The van der Waals surface area contributed by atoms with Crippen LogP contribution in [0.4, 0.5) is 0 Å². The summed E-state index contributed by atoms with van der Waals surface area (Å²) in [7, 11) is -0.648. The van der Waals surface area contributed by atoms with E-state index in [9.17, 15) is 0 Å². The van der Waals surface area contributed by atoms with E-state index < -0.39 is 0 Å². The van der Waals surface area contributed by atoms with Crippen LogP contribution in [0.15, 0.2) is 0 Å². The molecule has 0 radical (unpaired) electrons. The molecule has 2 atom stereocenters. The van der Waals surface area contributed by atoms with Crippen LogP contribution in [0.1, 0.15) is 91.9 Å². The minimum Gasteiger partial charge on any atom is -0.421 e. The molecule has 0 aliphatic heterocycles. The van der Waals surface area contributed by atoms with Crippen LogP contribution in [0.2, 0.25) is 5.67 Å². The summed E-state index contributed by atoms with van der Waals surface area (Å²) in [6, 6.07) is 0. The zero-order valence-electron chi connectivity index (χ0n) is 15.2. The van der Waals surface area contributed by atoms with Crippen LogP contribution in [0, 0.1) is 0 Å². The van der Waals surface area contributed by atoms with E-state index >= 15 is 0 Å². The Bertz CT molecular complexity index is 183. The Kier molecular flexibility index (Phi) is 17.0. The first-order chi connectivity index (χ1) is 10.3. The number of hydrogen-bond donors (Lipinski definition) is 0. The van der Waals surface area contributed by atoms with E-state index in [1.165, 1.54) is 69.9 Å². The second-order valence-corrected chi connectivity index (χ2v) is 10.5. The first kappa shape index (κ1) is 21.4. The average molecular weight is 333 g/mol. The van der Waals surface area contributed by atoms with Crippen molar-refractivity contribution in [2.24, 2.45) is 0 Å². The van der Waals surface area contributed by atoms with E-state index in [0.717, 1.165) is 0 Å². The first-order valence-corrected chi connectivity index (χ1v) is 12.7. The standard InChI is InChI=1S/C17H40O2Si2/c1-5-9-13-16(11-7-3)18-20-15-21-19-17(12-8-4)14-10-6-2/h16-17H,5-15,20-21H2,1-4H3. The van der Waals surface area contributed by atoms with Gasteiger partial charge >= 0.3 is 0 Å². The summed E-state index contributed by atoms with van der Waals surface area (Å²) in [6.07, 6.45) is 13.9. The summed E-state index contributed by atoms with van der Waals surface area (Å²) in [6.45, 7) is 9.08. The van der Waals surface area contributed by atoms with Crippen LogP contribution in [0.25, 0.3) is 0 Å². The third-order valence-corrected chi connectivity index (χ3v) is 7.70. The normalized spacial score (nSPS) is 15.4. The second-order valence-electron chi connectivity index (χ2n) is 6.20. The van der Waals surface area contributed by atoms with Crippen molar-refractivity contribution in [1.82, 2.24) is 0 Å². The molecule has 2 unspecified atom stereocenters. The molecule has 0 N–H and O–H groups in total. The van der Waals surface area contributed by atoms with Gasteiger partial charge in [-0.2, -0.15) is 0 Å². The maximum Gasteiger partial charge on any atom is 0.161 e. The van der Waals surface area contributed by atoms with Crippen LogP contribution in [0.5, 0.6) is 0 Å². The Morgan fingerprint density at radius 2 is 1.05 bits per heavy atom. The highest BCUT2D eigenvalue weighted by molar-refractivity contribution is 6.48. The molecule has 4 heteroatoms. The van der Waals surface area contributed by atoms with Crippen molar-refractivity contribution in [2.45, 2.75) is 110 Å². The smallest absolute Gasteiger partial charge is 0.161 e. The fourth-order valence-electron chi connectivity index (χ4n) is 2.69. The van der Waals surface area contributed by atoms with Gasteiger partial charge in [-0.3, -0.25) is 0 Å². The lowest BCUT2D eigenvalue weighted by Crippen LogP contribution is -2.20. The Labute approximate surface area is 138 Å². The fourth-order valence-corrected chi connectivity index (χ4v) is 5.83. The molecule has 0 saturated carbocycles. The first-order valence-electron chi connectivity index (χ1n) is 9.51. The molecule has 0 aromatic rings. The Morgan fingerprint density at radius 3 is 1.38 bits per heavy atom. The van der Waals surface area contributed by atoms with Crippen LogP contribution >= 0.6 is 0 Å². The van der Waals surface area contributed by atoms with Gasteiger partial charge < -0.3 is 8.85 Å². The van der Waals surface area contributed by atoms with Gasteiger partial charge in [-0.05, 0) is 31.4 Å². The molecule has 2 nitrogen and oxygen atoms in total. The van der Waals surface area contributed by atoms with Crippen molar-refractivity contribution in [3.63, 3.8) is 0 Å². The summed E-state index contributed by atoms with van der Waals surface area (Å²) in [5.74, 6) is 0. The third kappa shape index (κ3) is 13.7. The number of rotatable bonds is 16. The monoisotopic (exact) mass is 332 g/mol. The van der Waals surface area contributed by atoms with Gasteiger partial charge in [-0.25, -0.2) is 0 Å². The van der Waals surface area contributed by atoms with E-state index in [2.05, 4.69) is 27.7 Å². The van der Waals surface area contributed by atoms with Crippen molar-refractivity contribution in [2.75, 3.05) is 0 Å². The van der Waals surface area contributed by atoms with E-state index in [1.807, 2.05) is 0 Å². The lowest BCUT2D eigenvalue weighted by molar-refractivity contribution is 0.179. The highest BCUT2D eigenvalue weighted by Gasteiger charge is 2.09. The molecule has 0 aromatic heterocycles. The summed E-state index contributed by atoms with van der Waals surface area (Å²) < 4.78 is 12.4. The molecule has 21 heavy (non-hydrogen) atoms. The van der Waals surface area contributed by atoms with E-state index in [0.29, 0.717) is 12.2 Å². The average Bonchev–Trinajstić information content (AvgIpc) is 2.49. The molecule has 0 aliphatic carbocycles. The molecular formula is C17H40O2Si2. The quantitative estimate of drug-likeness (QED) is 0.310. The number of unbranched alkanes of at least 4 members (excludes halogenated alkanes) is 2. The van der Waals surface area contributed by atoms with E-state index in [4.69, 9.17) is 8.85 Å². The van der Waals surface area contributed by atoms with Crippen LogP contribution in [0.3, 0.4) is 0 Å². The molecular weight excluding hydrogens is 292 g/mol. The summed E-state index contributed by atoms with van der Waals surface area (Å²) in [4.78, 5) is 0. The largest absolute Gasteiger partial charge is 0.421 e. The van der Waals surface area contributed by atoms with Gasteiger partial charge in [0.25, 0.3) is 0 Å². The Morgan fingerprint density at radius 1 is 0.619 bits per heavy atom. The fraction of sp³-hybridized carbons (Fsp3) is 1.00. The summed E-state index contributed by atoms with van der Waals surface area (Å²) in [5, 5.41) is 0. The van der Waals surface area contributed by atoms with Gasteiger partial charge in [0.1, 0.15) is 0 Å². The SMILES string of the molecule is CCCCC(CCC)O[SiH2]C[SiH2]OC(CCC)CCCC. The maximum atomic E-state index is 6.20. The van der Waals surface area contributed by atoms with Crippen LogP contribution < -0.4 is 0 Å². The highest BCUT2D eigenvalue weighted by Crippen LogP contribution is 2.12. The molecule has 0 bridgehead atoms. The van der Waals surface area contributed by atoms with Crippen molar-refractivity contribution in [3.8, 4) is 0 Å². The minimum atomic E-state index is -0.324. The second kappa shape index (κ2) is 16.7. The Balaban J connectivity index is 3.69. The van der Waals surface area contributed by atoms with Crippen molar-refractivity contribution in [1.29, 1.82) is 0 Å². The predicted octanol–water partition coefficient (Wildman–Crippen LogP) is 4.28. The van der Waals surface area contributed by atoms with Crippen molar-refractivity contribution >= 4 is 19.5 Å². The third-order valence-electron chi connectivity index (χ3n) is 3.98. The topological polar surface area (TPSA) is 18.5 Å². The van der Waals surface area contributed by atoms with Crippen molar-refractivity contribution < 1.29 is 8.85 Å². The minimum absolute atomic E-state index is 0.324. The summed E-state index contributed by atoms with van der Waals surface area (Å²) in [5.41, 5.74) is 1.32. The molecule has 0 spiro atoms. The van der Waals surface area contributed by atoms with Crippen LogP contribution in [-0.4, -0.2) is 31.7 Å². The summed E-state index contributed by atoms with van der Waals surface area (Å²) >= 11 is 0. The van der Waals surface area contributed by atoms with Gasteiger partial charge in [-0.1, -0.05) is 66.2 Å². The molecule has 0 amide bonds. The van der Waals surface area contributed by atoms with Crippen molar-refractivity contribution in [3.05, 3.63) is 0 Å². The molecule has 0 aromatic carbocycles. The van der Waals surface area contributed by atoms with E-state index in [-0.39, 0.29) is 19.5 Å². The predicted molar refractivity (Wildman–Crippen MR) is 101 cm³/mol. The maximum absolute atomic E-state index is 6.20. The molecule has 0 aliphatic rings. The molecule has 128 valence electrons. The zero-order valence-corrected chi connectivity index (χ0v) is 18.0. The lowest BCUT2D eigenvalue weighted by Gasteiger charge is -2.19. The van der Waals surface area contributed by atoms with E-state index in [1.54, 1.807) is 0 Å². The lowest BCUT2D eigenvalue weighted by atomic mass is 10.1. The van der Waals surface area contributed by atoms with Gasteiger partial charge in [0, 0.05) is 12.2 Å². The van der Waals surface area contributed by atoms with Gasteiger partial charge in [0.15, 0.2) is 19.5 Å². The van der Waals surface area contributed by atoms with Gasteiger partial charge in [0.2, 0.25) is 0 Å². The van der Waals surface area contributed by atoms with Gasteiger partial charge in [-0.15, -0.1) is 0 Å². The molecule has 0 heterocycles. The van der Waals surface area contributed by atoms with Crippen LogP contribution in [-0.2, 0) is 8.85 Å². The highest BCUT2D eigenvalue weighted by atomic mass is 28.3. The molecule has 0 saturated heterocycles. The molecule has 0 rings (SSSR count). The zero-order chi connectivity index (χ0) is 15.8. The Hall–Kier alpha value is 0.354.